The summed E-state index contributed by atoms with van der Waals surface area (Å²) in [5.41, 5.74) is 1.26. The minimum Gasteiger partial charge on any atom is -0.452 e. The topological polar surface area (TPSA) is 63.7 Å². The van der Waals surface area contributed by atoms with Crippen molar-refractivity contribution in [3.63, 3.8) is 0 Å². The smallest absolute Gasteiger partial charge is 0.339 e. The summed E-state index contributed by atoms with van der Waals surface area (Å²) in [4.78, 5) is 26.0. The molecule has 7 heteroatoms. The van der Waals surface area contributed by atoms with Crippen molar-refractivity contribution >= 4 is 34.0 Å². The van der Waals surface area contributed by atoms with E-state index < -0.39 is 16.8 Å². The second kappa shape index (κ2) is 8.03. The van der Waals surface area contributed by atoms with Gasteiger partial charge in [-0.15, -0.1) is 0 Å². The van der Waals surface area contributed by atoms with Gasteiger partial charge < -0.3 is 9.64 Å². The average Bonchev–Trinajstić information content (AvgIpc) is 3.05. The lowest BCUT2D eigenvalue weighted by Gasteiger charge is -2.16. The molecule has 0 aliphatic carbocycles. The summed E-state index contributed by atoms with van der Waals surface area (Å²) in [6, 6.07) is 8.45. The van der Waals surface area contributed by atoms with Crippen molar-refractivity contribution in [1.82, 2.24) is 4.90 Å². The third-order valence-electron chi connectivity index (χ3n) is 3.17. The Morgan fingerprint density at radius 1 is 1.26 bits per heavy atom. The van der Waals surface area contributed by atoms with Crippen LogP contribution in [0.5, 0.6) is 0 Å². The highest BCUT2D eigenvalue weighted by Crippen LogP contribution is 2.14. The van der Waals surface area contributed by atoms with Crippen LogP contribution in [0.2, 0.25) is 0 Å². The number of thiophene rings is 1. The quantitative estimate of drug-likeness (QED) is 0.749. The third-order valence-corrected chi connectivity index (χ3v) is 4.88. The normalized spacial score (nSPS) is 11.7. The molecule has 5 nitrogen and oxygen atoms in total. The molecule has 1 aromatic carbocycles. The second-order valence-corrected chi connectivity index (χ2v) is 7.04. The molecule has 23 heavy (non-hydrogen) atoms. The summed E-state index contributed by atoms with van der Waals surface area (Å²) in [5, 5.41) is 3.90. The number of hydrogen-bond donors (Lipinski definition) is 0. The van der Waals surface area contributed by atoms with Gasteiger partial charge in [0.2, 0.25) is 0 Å². The van der Waals surface area contributed by atoms with Gasteiger partial charge in [-0.2, -0.15) is 11.3 Å². The lowest BCUT2D eigenvalue weighted by molar-refractivity contribution is -0.133. The summed E-state index contributed by atoms with van der Waals surface area (Å²) in [6.45, 7) is 0.125. The number of nitrogens with zero attached hydrogens (tertiary/aromatic N) is 1. The molecule has 2 rings (SSSR count). The van der Waals surface area contributed by atoms with Gasteiger partial charge in [0.05, 0.1) is 21.3 Å². The Hall–Kier alpha value is -1.99. The van der Waals surface area contributed by atoms with Crippen LogP contribution in [-0.2, 0) is 26.9 Å². The van der Waals surface area contributed by atoms with E-state index in [1.54, 1.807) is 42.6 Å². The van der Waals surface area contributed by atoms with Crippen molar-refractivity contribution in [3.8, 4) is 0 Å². The second-order valence-electron chi connectivity index (χ2n) is 4.91. The molecule has 1 heterocycles. The maximum absolute atomic E-state index is 12.1. The first-order chi connectivity index (χ1) is 11.0. The number of amides is 1. The van der Waals surface area contributed by atoms with E-state index in [2.05, 4.69) is 0 Å². The van der Waals surface area contributed by atoms with Gasteiger partial charge in [0.15, 0.2) is 6.61 Å². The Morgan fingerprint density at radius 2 is 2.00 bits per heavy atom. The van der Waals surface area contributed by atoms with Crippen LogP contribution >= 0.6 is 11.3 Å². The van der Waals surface area contributed by atoms with E-state index in [9.17, 15) is 13.8 Å². The number of carbonyl (C=O) groups is 2. The molecule has 2 aromatic rings. The van der Waals surface area contributed by atoms with Crippen LogP contribution in [0.25, 0.3) is 0 Å². The van der Waals surface area contributed by atoms with Gasteiger partial charge in [-0.25, -0.2) is 4.79 Å². The van der Waals surface area contributed by atoms with E-state index in [0.29, 0.717) is 11.4 Å². The average molecular weight is 351 g/mol. The predicted molar refractivity (Wildman–Crippen MR) is 89.8 cm³/mol. The van der Waals surface area contributed by atoms with Crippen molar-refractivity contribution in [2.45, 2.75) is 11.4 Å². The van der Waals surface area contributed by atoms with E-state index in [1.807, 2.05) is 16.8 Å². The molecule has 0 unspecified atom stereocenters. The van der Waals surface area contributed by atoms with Crippen molar-refractivity contribution in [2.24, 2.45) is 0 Å². The van der Waals surface area contributed by atoms with E-state index in [4.69, 9.17) is 4.74 Å². The summed E-state index contributed by atoms with van der Waals surface area (Å²) in [5.74, 6) is -0.937. The van der Waals surface area contributed by atoms with Crippen molar-refractivity contribution in [2.75, 3.05) is 19.9 Å². The van der Waals surface area contributed by atoms with E-state index >= 15 is 0 Å². The number of carbonyl (C=O) groups excluding carboxylic acids is 2. The summed E-state index contributed by atoms with van der Waals surface area (Å²) < 4.78 is 16.7. The van der Waals surface area contributed by atoms with Gasteiger partial charge in [0.25, 0.3) is 5.91 Å². The van der Waals surface area contributed by atoms with Crippen LogP contribution in [0.4, 0.5) is 0 Å². The zero-order chi connectivity index (χ0) is 16.8. The summed E-state index contributed by atoms with van der Waals surface area (Å²) >= 11 is 1.56. The van der Waals surface area contributed by atoms with Crippen LogP contribution < -0.4 is 0 Å². The van der Waals surface area contributed by atoms with Gasteiger partial charge >= 0.3 is 5.97 Å². The Kier molecular flexibility index (Phi) is 6.06. The van der Waals surface area contributed by atoms with E-state index in [-0.39, 0.29) is 18.1 Å². The molecule has 0 spiro atoms. The number of benzene rings is 1. The molecule has 122 valence electrons. The number of rotatable bonds is 6. The number of hydrogen-bond acceptors (Lipinski definition) is 5. The lowest BCUT2D eigenvalue weighted by atomic mass is 10.2. The van der Waals surface area contributed by atoms with Crippen LogP contribution in [-0.4, -0.2) is 40.9 Å². The molecular formula is C16H17NO4S2. The van der Waals surface area contributed by atoms with Crippen molar-refractivity contribution < 1.29 is 18.5 Å². The molecule has 0 saturated heterocycles. The number of ether oxygens (including phenoxy) is 1. The predicted octanol–water partition coefficient (Wildman–Crippen LogP) is 2.30. The Labute approximate surface area is 141 Å². The highest BCUT2D eigenvalue weighted by atomic mass is 32.2. The monoisotopic (exact) mass is 351 g/mol. The molecule has 0 bridgehead atoms. The molecule has 0 fully saturated rings. The Morgan fingerprint density at radius 3 is 2.65 bits per heavy atom. The largest absolute Gasteiger partial charge is 0.452 e. The van der Waals surface area contributed by atoms with E-state index in [0.717, 1.165) is 5.56 Å². The fraction of sp³-hybridized carbons (Fsp3) is 0.250. The maximum Gasteiger partial charge on any atom is 0.339 e. The third kappa shape index (κ3) is 4.74. The highest BCUT2D eigenvalue weighted by Gasteiger charge is 2.17. The zero-order valence-electron chi connectivity index (χ0n) is 12.9. The molecule has 0 aliphatic heterocycles. The first-order valence-electron chi connectivity index (χ1n) is 6.83. The Balaban J connectivity index is 1.94. The SMILES string of the molecule is CN(Cc1ccsc1)C(=O)COC(=O)c1ccccc1[S@@](C)=O. The van der Waals surface area contributed by atoms with Gasteiger partial charge in [-0.3, -0.25) is 9.00 Å². The van der Waals surface area contributed by atoms with E-state index in [1.165, 1.54) is 11.2 Å². The van der Waals surface area contributed by atoms with Crippen LogP contribution in [0, 0.1) is 0 Å². The van der Waals surface area contributed by atoms with Gasteiger partial charge in [-0.1, -0.05) is 12.1 Å². The Bertz CT molecular complexity index is 713. The standard InChI is InChI=1S/C16H17NO4S2/c1-17(9-12-7-8-22-11-12)15(18)10-21-16(19)13-5-3-4-6-14(13)23(2)20/h3-8,11H,9-10H2,1-2H3/t23-/m1/s1. The highest BCUT2D eigenvalue weighted by molar-refractivity contribution is 7.84. The maximum atomic E-state index is 12.1. The number of esters is 1. The molecule has 0 saturated carbocycles. The lowest BCUT2D eigenvalue weighted by Crippen LogP contribution is -2.30. The molecule has 1 atom stereocenters. The summed E-state index contributed by atoms with van der Waals surface area (Å²) in [7, 11) is 0.355. The van der Waals surface area contributed by atoms with Crippen LogP contribution in [0.15, 0.2) is 46.0 Å². The van der Waals surface area contributed by atoms with Gasteiger partial charge in [0.1, 0.15) is 0 Å². The minimum absolute atomic E-state index is 0.224. The number of likely N-dealkylation sites (N-methyl/N-ethyl adjacent to an activating group) is 1. The summed E-state index contributed by atoms with van der Waals surface area (Å²) in [6.07, 6.45) is 1.49. The fourth-order valence-corrected chi connectivity index (χ4v) is 3.34. The fourth-order valence-electron chi connectivity index (χ4n) is 1.95. The molecule has 0 radical (unpaired) electrons. The molecule has 0 aliphatic rings. The first-order valence-corrected chi connectivity index (χ1v) is 9.33. The van der Waals surface area contributed by atoms with Gasteiger partial charge in [-0.05, 0) is 34.5 Å². The van der Waals surface area contributed by atoms with Crippen LogP contribution in [0.3, 0.4) is 0 Å². The van der Waals surface area contributed by atoms with Crippen LogP contribution in [0.1, 0.15) is 15.9 Å². The molecule has 1 amide bonds. The molecule has 0 N–H and O–H groups in total. The molecule has 1 aromatic heterocycles. The minimum atomic E-state index is -1.30. The first kappa shape index (κ1) is 17.4. The van der Waals surface area contributed by atoms with Crippen molar-refractivity contribution in [3.05, 3.63) is 52.2 Å². The van der Waals surface area contributed by atoms with Crippen molar-refractivity contribution in [1.29, 1.82) is 0 Å². The van der Waals surface area contributed by atoms with Gasteiger partial charge in [0, 0.05) is 19.8 Å². The molecular weight excluding hydrogens is 334 g/mol. The zero-order valence-corrected chi connectivity index (χ0v) is 14.5.